The van der Waals surface area contributed by atoms with E-state index in [0.717, 1.165) is 31.6 Å². The molecule has 1 amide bonds. The highest BCUT2D eigenvalue weighted by atomic mass is 16.2. The number of carbonyl (C=O) groups is 1. The van der Waals surface area contributed by atoms with Crippen LogP contribution in [0.1, 0.15) is 29.0 Å². The lowest BCUT2D eigenvalue weighted by atomic mass is 10.4. The van der Waals surface area contributed by atoms with Crippen molar-refractivity contribution in [1.82, 2.24) is 20.6 Å². The maximum absolute atomic E-state index is 11.6. The number of nitrogens with one attached hydrogen (secondary N) is 2. The molecule has 76 valence electrons. The fourth-order valence-electron chi connectivity index (χ4n) is 1.56. The van der Waals surface area contributed by atoms with Gasteiger partial charge < -0.3 is 0 Å². The highest BCUT2D eigenvalue weighted by Crippen LogP contribution is 2.05. The molecule has 2 N–H and O–H groups in total. The van der Waals surface area contributed by atoms with Crippen LogP contribution in [0.5, 0.6) is 0 Å². The molecule has 1 fully saturated rings. The van der Waals surface area contributed by atoms with Crippen LogP contribution in [-0.4, -0.2) is 34.2 Å². The first-order chi connectivity index (χ1) is 6.75. The van der Waals surface area contributed by atoms with Crippen molar-refractivity contribution in [2.75, 3.05) is 13.1 Å². The molecule has 5 heteroatoms. The van der Waals surface area contributed by atoms with Gasteiger partial charge in [0.2, 0.25) is 0 Å². The van der Waals surface area contributed by atoms with E-state index in [1.807, 2.05) is 11.9 Å². The number of aromatic nitrogens is 2. The zero-order valence-corrected chi connectivity index (χ0v) is 8.21. The second kappa shape index (κ2) is 3.79. The number of aromatic amines is 1. The Morgan fingerprint density at radius 1 is 1.57 bits per heavy atom. The number of hydrazine groups is 1. The third-order valence-corrected chi connectivity index (χ3v) is 2.30. The molecule has 0 aromatic carbocycles. The molecule has 0 aliphatic carbocycles. The summed E-state index contributed by atoms with van der Waals surface area (Å²) in [5.41, 5.74) is 4.17. The SMILES string of the molecule is Cc1cc(C(=O)NN2CCCC2)n[nH]1. The summed E-state index contributed by atoms with van der Waals surface area (Å²) in [5.74, 6) is -0.128. The Kier molecular flexibility index (Phi) is 2.49. The third-order valence-electron chi connectivity index (χ3n) is 2.30. The van der Waals surface area contributed by atoms with Crippen LogP contribution in [0.25, 0.3) is 0 Å². The van der Waals surface area contributed by atoms with E-state index in [0.29, 0.717) is 5.69 Å². The van der Waals surface area contributed by atoms with Crippen LogP contribution in [0.2, 0.25) is 0 Å². The molecule has 0 spiro atoms. The molecule has 0 unspecified atom stereocenters. The Hall–Kier alpha value is -1.36. The molecule has 2 rings (SSSR count). The van der Waals surface area contributed by atoms with Gasteiger partial charge >= 0.3 is 0 Å². The van der Waals surface area contributed by atoms with Gasteiger partial charge in [-0.05, 0) is 25.8 Å². The Morgan fingerprint density at radius 2 is 2.29 bits per heavy atom. The van der Waals surface area contributed by atoms with Crippen LogP contribution >= 0.6 is 0 Å². The zero-order valence-electron chi connectivity index (χ0n) is 8.21. The molecule has 0 saturated carbocycles. The van der Waals surface area contributed by atoms with Crippen LogP contribution in [0, 0.1) is 6.92 Å². The number of carbonyl (C=O) groups excluding carboxylic acids is 1. The monoisotopic (exact) mass is 194 g/mol. The fraction of sp³-hybridized carbons (Fsp3) is 0.556. The lowest BCUT2D eigenvalue weighted by Crippen LogP contribution is -2.40. The zero-order chi connectivity index (χ0) is 9.97. The average Bonchev–Trinajstić information content (AvgIpc) is 2.75. The van der Waals surface area contributed by atoms with Crippen LogP contribution in [-0.2, 0) is 0 Å². The molecule has 1 aliphatic rings. The summed E-state index contributed by atoms with van der Waals surface area (Å²) in [6, 6.07) is 1.74. The molecule has 0 atom stereocenters. The van der Waals surface area contributed by atoms with Gasteiger partial charge in [-0.1, -0.05) is 0 Å². The summed E-state index contributed by atoms with van der Waals surface area (Å²) < 4.78 is 0. The first kappa shape index (κ1) is 9.21. The molecule has 2 heterocycles. The first-order valence-electron chi connectivity index (χ1n) is 4.83. The van der Waals surface area contributed by atoms with E-state index in [9.17, 15) is 4.79 Å². The van der Waals surface area contributed by atoms with E-state index in [2.05, 4.69) is 15.6 Å². The summed E-state index contributed by atoms with van der Waals surface area (Å²) in [6.07, 6.45) is 2.31. The van der Waals surface area contributed by atoms with Gasteiger partial charge in [0.05, 0.1) is 0 Å². The van der Waals surface area contributed by atoms with Crippen molar-refractivity contribution in [3.63, 3.8) is 0 Å². The molecule has 1 aromatic rings. The lowest BCUT2D eigenvalue weighted by Gasteiger charge is -2.14. The van der Waals surface area contributed by atoms with Gasteiger partial charge in [0.25, 0.3) is 5.91 Å². The summed E-state index contributed by atoms with van der Waals surface area (Å²) in [7, 11) is 0. The van der Waals surface area contributed by atoms with Gasteiger partial charge in [0.15, 0.2) is 5.69 Å². The maximum atomic E-state index is 11.6. The quantitative estimate of drug-likeness (QED) is 0.719. The van der Waals surface area contributed by atoms with Gasteiger partial charge in [-0.15, -0.1) is 0 Å². The molecule has 0 radical (unpaired) electrons. The third kappa shape index (κ3) is 1.93. The molecule has 1 aromatic heterocycles. The van der Waals surface area contributed by atoms with E-state index >= 15 is 0 Å². The van der Waals surface area contributed by atoms with Crippen molar-refractivity contribution >= 4 is 5.91 Å². The van der Waals surface area contributed by atoms with Crippen LogP contribution in [0.3, 0.4) is 0 Å². The van der Waals surface area contributed by atoms with Gasteiger partial charge in [-0.2, -0.15) is 5.10 Å². The van der Waals surface area contributed by atoms with E-state index in [-0.39, 0.29) is 5.91 Å². The van der Waals surface area contributed by atoms with E-state index in [4.69, 9.17) is 0 Å². The molecular weight excluding hydrogens is 180 g/mol. The Morgan fingerprint density at radius 3 is 2.86 bits per heavy atom. The van der Waals surface area contributed by atoms with Gasteiger partial charge in [-0.3, -0.25) is 15.3 Å². The topological polar surface area (TPSA) is 61.0 Å². The van der Waals surface area contributed by atoms with Gasteiger partial charge in [0, 0.05) is 18.8 Å². The van der Waals surface area contributed by atoms with Crippen molar-refractivity contribution in [3.8, 4) is 0 Å². The van der Waals surface area contributed by atoms with E-state index in [1.165, 1.54) is 0 Å². The number of hydrogen-bond acceptors (Lipinski definition) is 3. The number of hydrogen-bond donors (Lipinski definition) is 2. The van der Waals surface area contributed by atoms with Crippen molar-refractivity contribution < 1.29 is 4.79 Å². The highest BCUT2D eigenvalue weighted by molar-refractivity contribution is 5.91. The van der Waals surface area contributed by atoms with Gasteiger partial charge in [-0.25, -0.2) is 5.01 Å². The number of aryl methyl sites for hydroxylation is 1. The Bertz CT molecular complexity index is 327. The van der Waals surface area contributed by atoms with Crippen molar-refractivity contribution in [3.05, 3.63) is 17.5 Å². The molecular formula is C9H14N4O. The minimum Gasteiger partial charge on any atom is -0.283 e. The standard InChI is InChI=1S/C9H14N4O/c1-7-6-8(11-10-7)9(14)12-13-4-2-3-5-13/h6H,2-5H2,1H3,(H,10,11)(H,12,14). The van der Waals surface area contributed by atoms with Crippen LogP contribution in [0.4, 0.5) is 0 Å². The van der Waals surface area contributed by atoms with Crippen LogP contribution in [0.15, 0.2) is 6.07 Å². The summed E-state index contributed by atoms with van der Waals surface area (Å²) in [4.78, 5) is 11.6. The number of H-pyrrole nitrogens is 1. The second-order valence-electron chi connectivity index (χ2n) is 3.57. The Balaban J connectivity index is 1.95. The predicted octanol–water partition coefficient (Wildman–Crippen LogP) is 0.459. The molecule has 1 aliphatic heterocycles. The average molecular weight is 194 g/mol. The second-order valence-corrected chi connectivity index (χ2v) is 3.57. The largest absolute Gasteiger partial charge is 0.286 e. The van der Waals surface area contributed by atoms with Crippen LogP contribution < -0.4 is 5.43 Å². The highest BCUT2D eigenvalue weighted by Gasteiger charge is 2.16. The van der Waals surface area contributed by atoms with Crippen molar-refractivity contribution in [2.24, 2.45) is 0 Å². The predicted molar refractivity (Wildman–Crippen MR) is 51.6 cm³/mol. The molecule has 5 nitrogen and oxygen atoms in total. The number of rotatable bonds is 2. The fourth-order valence-corrected chi connectivity index (χ4v) is 1.56. The minimum atomic E-state index is -0.128. The Labute approximate surface area is 82.5 Å². The van der Waals surface area contributed by atoms with E-state index < -0.39 is 0 Å². The minimum absolute atomic E-state index is 0.128. The normalized spacial score (nSPS) is 17.2. The summed E-state index contributed by atoms with van der Waals surface area (Å²) in [6.45, 7) is 3.75. The lowest BCUT2D eigenvalue weighted by molar-refractivity contribution is 0.0820. The smallest absolute Gasteiger partial charge is 0.283 e. The number of amides is 1. The molecule has 14 heavy (non-hydrogen) atoms. The summed E-state index contributed by atoms with van der Waals surface area (Å²) >= 11 is 0. The van der Waals surface area contributed by atoms with Crippen molar-refractivity contribution in [2.45, 2.75) is 19.8 Å². The van der Waals surface area contributed by atoms with Gasteiger partial charge in [0.1, 0.15) is 0 Å². The van der Waals surface area contributed by atoms with E-state index in [1.54, 1.807) is 6.07 Å². The van der Waals surface area contributed by atoms with Crippen molar-refractivity contribution in [1.29, 1.82) is 0 Å². The molecule has 0 bridgehead atoms. The first-order valence-corrected chi connectivity index (χ1v) is 4.83. The summed E-state index contributed by atoms with van der Waals surface area (Å²) in [5, 5.41) is 8.58. The molecule has 1 saturated heterocycles. The maximum Gasteiger partial charge on any atom is 0.286 e. The number of nitrogens with zero attached hydrogens (tertiary/aromatic N) is 2.